The van der Waals surface area contributed by atoms with Gasteiger partial charge in [0.25, 0.3) is 5.91 Å². The normalized spacial score (nSPS) is 11.2. The van der Waals surface area contributed by atoms with Crippen molar-refractivity contribution in [2.45, 2.75) is 37.4 Å². The van der Waals surface area contributed by atoms with E-state index in [1.165, 1.54) is 24.4 Å². The molecule has 5 nitrogen and oxygen atoms in total. The molecule has 0 aliphatic carbocycles. The Balaban J connectivity index is 1.99. The Morgan fingerprint density at radius 3 is 2.59 bits per heavy atom. The van der Waals surface area contributed by atoms with Gasteiger partial charge < -0.3 is 10.6 Å². The number of para-hydroxylation sites is 1. The Morgan fingerprint density at radius 1 is 1.10 bits per heavy atom. The molecule has 1 heterocycles. The van der Waals surface area contributed by atoms with Gasteiger partial charge in [0.1, 0.15) is 5.03 Å². The van der Waals surface area contributed by atoms with Crippen molar-refractivity contribution in [2.75, 3.05) is 17.6 Å². The summed E-state index contributed by atoms with van der Waals surface area (Å²) in [6.45, 7) is 2.61. The number of hydrogen-bond donors (Lipinski definition) is 2. The molecule has 1 aromatic heterocycles. The predicted octanol–water partition coefficient (Wildman–Crippen LogP) is 4.75. The average molecular weight is 425 g/mol. The molecule has 0 saturated carbocycles. The maximum absolute atomic E-state index is 13.0. The van der Waals surface area contributed by atoms with Gasteiger partial charge in [-0.05, 0) is 30.7 Å². The first-order valence-corrected chi connectivity index (χ1v) is 10.1. The average Bonchev–Trinajstić information content (AvgIpc) is 2.69. The van der Waals surface area contributed by atoms with Crippen LogP contribution < -0.4 is 10.6 Å². The summed E-state index contributed by atoms with van der Waals surface area (Å²) in [5, 5.41) is 5.43. The van der Waals surface area contributed by atoms with Crippen LogP contribution in [-0.4, -0.2) is 29.1 Å². The highest BCUT2D eigenvalue weighted by Crippen LogP contribution is 2.34. The Bertz CT molecular complexity index is 844. The predicted molar refractivity (Wildman–Crippen MR) is 107 cm³/mol. The highest BCUT2D eigenvalue weighted by molar-refractivity contribution is 8.00. The molecule has 0 unspecified atom stereocenters. The molecule has 1 aromatic carbocycles. The molecular weight excluding hydrogens is 403 g/mol. The van der Waals surface area contributed by atoms with Gasteiger partial charge in [0, 0.05) is 12.7 Å². The van der Waals surface area contributed by atoms with Gasteiger partial charge in [-0.1, -0.05) is 43.7 Å². The van der Waals surface area contributed by atoms with Crippen molar-refractivity contribution in [1.82, 2.24) is 10.3 Å². The standard InChI is InChI=1S/C20H22F3N3O2S/c1-2-3-6-11-24-18(28)14-8-7-12-25-19(14)29-13-17(27)26-16-10-5-4-9-15(16)20(21,22)23/h4-5,7-10,12H,2-3,6,11,13H2,1H3,(H,24,28)(H,26,27). The molecule has 0 aliphatic heterocycles. The lowest BCUT2D eigenvalue weighted by Crippen LogP contribution is -2.25. The Kier molecular flexibility index (Phi) is 8.50. The zero-order valence-corrected chi connectivity index (χ0v) is 16.7. The van der Waals surface area contributed by atoms with E-state index in [-0.39, 0.29) is 17.3 Å². The second kappa shape index (κ2) is 10.8. The smallest absolute Gasteiger partial charge is 0.352 e. The SMILES string of the molecule is CCCCCNC(=O)c1cccnc1SCC(=O)Nc1ccccc1C(F)(F)F. The number of benzene rings is 1. The molecule has 2 rings (SSSR count). The van der Waals surface area contributed by atoms with E-state index in [2.05, 4.69) is 22.5 Å². The molecule has 0 radical (unpaired) electrons. The van der Waals surface area contributed by atoms with Gasteiger partial charge in [-0.25, -0.2) is 4.98 Å². The third-order valence-electron chi connectivity index (χ3n) is 3.93. The van der Waals surface area contributed by atoms with Crippen molar-refractivity contribution in [3.05, 3.63) is 53.7 Å². The number of nitrogens with zero attached hydrogens (tertiary/aromatic N) is 1. The summed E-state index contributed by atoms with van der Waals surface area (Å²) in [7, 11) is 0. The lowest BCUT2D eigenvalue weighted by atomic mass is 10.1. The summed E-state index contributed by atoms with van der Waals surface area (Å²) in [5.74, 6) is -1.09. The van der Waals surface area contributed by atoms with Crippen LogP contribution in [0.4, 0.5) is 18.9 Å². The van der Waals surface area contributed by atoms with Crippen molar-refractivity contribution in [3.8, 4) is 0 Å². The number of aromatic nitrogens is 1. The van der Waals surface area contributed by atoms with Gasteiger partial charge in [0.15, 0.2) is 0 Å². The van der Waals surface area contributed by atoms with E-state index in [4.69, 9.17) is 0 Å². The summed E-state index contributed by atoms with van der Waals surface area (Å²) in [4.78, 5) is 28.6. The summed E-state index contributed by atoms with van der Waals surface area (Å²) < 4.78 is 39.1. The number of nitrogens with one attached hydrogen (secondary N) is 2. The van der Waals surface area contributed by atoms with Crippen molar-refractivity contribution < 1.29 is 22.8 Å². The minimum atomic E-state index is -4.57. The van der Waals surface area contributed by atoms with Crippen LogP contribution in [0.5, 0.6) is 0 Å². The third kappa shape index (κ3) is 7.08. The fraction of sp³-hybridized carbons (Fsp3) is 0.350. The van der Waals surface area contributed by atoms with Gasteiger partial charge in [-0.2, -0.15) is 13.2 Å². The number of anilines is 1. The summed E-state index contributed by atoms with van der Waals surface area (Å²) in [5.41, 5.74) is -0.888. The van der Waals surface area contributed by atoms with E-state index in [9.17, 15) is 22.8 Å². The number of rotatable bonds is 9. The van der Waals surface area contributed by atoms with E-state index >= 15 is 0 Å². The molecule has 0 aliphatic rings. The zero-order chi connectivity index (χ0) is 21.3. The topological polar surface area (TPSA) is 71.1 Å². The Labute approximate surface area is 171 Å². The number of amides is 2. The van der Waals surface area contributed by atoms with Crippen LogP contribution in [0, 0.1) is 0 Å². The van der Waals surface area contributed by atoms with E-state index in [0.29, 0.717) is 17.1 Å². The number of alkyl halides is 3. The van der Waals surface area contributed by atoms with Gasteiger partial charge in [-0.15, -0.1) is 0 Å². The lowest BCUT2D eigenvalue weighted by molar-refractivity contribution is -0.137. The van der Waals surface area contributed by atoms with Crippen LogP contribution in [-0.2, 0) is 11.0 Å². The fourth-order valence-corrected chi connectivity index (χ4v) is 3.30. The van der Waals surface area contributed by atoms with Crippen LogP contribution >= 0.6 is 11.8 Å². The largest absolute Gasteiger partial charge is 0.418 e. The summed E-state index contributed by atoms with van der Waals surface area (Å²) in [6, 6.07) is 7.99. The number of pyridine rings is 1. The molecule has 2 N–H and O–H groups in total. The zero-order valence-electron chi connectivity index (χ0n) is 15.9. The molecule has 9 heteroatoms. The summed E-state index contributed by atoms with van der Waals surface area (Å²) >= 11 is 0.995. The second-order valence-electron chi connectivity index (χ2n) is 6.20. The van der Waals surface area contributed by atoms with Crippen LogP contribution in [0.15, 0.2) is 47.6 Å². The monoisotopic (exact) mass is 425 g/mol. The molecule has 0 fully saturated rings. The number of halogens is 3. The molecule has 29 heavy (non-hydrogen) atoms. The highest BCUT2D eigenvalue weighted by atomic mass is 32.2. The van der Waals surface area contributed by atoms with Crippen molar-refractivity contribution in [2.24, 2.45) is 0 Å². The van der Waals surface area contributed by atoms with Crippen molar-refractivity contribution in [3.63, 3.8) is 0 Å². The van der Waals surface area contributed by atoms with Crippen molar-refractivity contribution in [1.29, 1.82) is 0 Å². The molecule has 0 atom stereocenters. The maximum atomic E-state index is 13.0. The first-order valence-electron chi connectivity index (χ1n) is 9.15. The van der Waals surface area contributed by atoms with E-state index in [1.807, 2.05) is 0 Å². The third-order valence-corrected chi connectivity index (χ3v) is 4.93. The van der Waals surface area contributed by atoms with Crippen LogP contribution in [0.3, 0.4) is 0 Å². The lowest BCUT2D eigenvalue weighted by Gasteiger charge is -2.13. The molecule has 0 saturated heterocycles. The molecule has 2 aromatic rings. The highest BCUT2D eigenvalue weighted by Gasteiger charge is 2.33. The maximum Gasteiger partial charge on any atom is 0.418 e. The summed E-state index contributed by atoms with van der Waals surface area (Å²) in [6.07, 6.45) is -0.162. The molecule has 156 valence electrons. The van der Waals surface area contributed by atoms with Crippen LogP contribution in [0.25, 0.3) is 0 Å². The van der Waals surface area contributed by atoms with Crippen molar-refractivity contribution >= 4 is 29.3 Å². The quantitative estimate of drug-likeness (QED) is 0.449. The van der Waals surface area contributed by atoms with Gasteiger partial charge in [-0.3, -0.25) is 9.59 Å². The number of unbranched alkanes of at least 4 members (excludes halogenated alkanes) is 2. The number of thioether (sulfide) groups is 1. The van der Waals surface area contributed by atoms with Gasteiger partial charge in [0.2, 0.25) is 5.91 Å². The number of carbonyl (C=O) groups excluding carboxylic acids is 2. The van der Waals surface area contributed by atoms with Crippen LogP contribution in [0.2, 0.25) is 0 Å². The minimum Gasteiger partial charge on any atom is -0.352 e. The van der Waals surface area contributed by atoms with E-state index in [1.54, 1.807) is 12.1 Å². The Morgan fingerprint density at radius 2 is 1.86 bits per heavy atom. The second-order valence-corrected chi connectivity index (χ2v) is 7.16. The Hall–Kier alpha value is -2.55. The first-order chi connectivity index (χ1) is 13.8. The number of hydrogen-bond acceptors (Lipinski definition) is 4. The fourth-order valence-electron chi connectivity index (χ4n) is 2.51. The molecule has 0 bridgehead atoms. The van der Waals surface area contributed by atoms with E-state index in [0.717, 1.165) is 37.1 Å². The molecule has 0 spiro atoms. The first kappa shape index (κ1) is 22.7. The minimum absolute atomic E-state index is 0.181. The van der Waals surface area contributed by atoms with Gasteiger partial charge in [0.05, 0.1) is 22.6 Å². The van der Waals surface area contributed by atoms with Gasteiger partial charge >= 0.3 is 6.18 Å². The van der Waals surface area contributed by atoms with E-state index < -0.39 is 17.6 Å². The molecular formula is C20H22F3N3O2S. The number of carbonyl (C=O) groups is 2. The molecule has 2 amide bonds. The van der Waals surface area contributed by atoms with Crippen LogP contribution in [0.1, 0.15) is 42.1 Å².